The van der Waals surface area contributed by atoms with Crippen molar-refractivity contribution in [1.29, 1.82) is 0 Å². The molecule has 0 aliphatic carbocycles. The molecule has 102 valence electrons. The molecule has 0 amide bonds. The van der Waals surface area contributed by atoms with E-state index in [2.05, 4.69) is 28.2 Å². The third kappa shape index (κ3) is 5.33. The summed E-state index contributed by atoms with van der Waals surface area (Å²) in [4.78, 5) is 0. The summed E-state index contributed by atoms with van der Waals surface area (Å²) in [6, 6.07) is 4.57. The van der Waals surface area contributed by atoms with Crippen LogP contribution in [0.4, 0.5) is 4.39 Å². The van der Waals surface area contributed by atoms with Crippen LogP contribution in [0.3, 0.4) is 0 Å². The molecule has 1 unspecified atom stereocenters. The Hall–Kier alpha value is -0.650. The van der Waals surface area contributed by atoms with Gasteiger partial charge in [-0.15, -0.1) is 0 Å². The number of aliphatic hydroxyl groups is 1. The first kappa shape index (κ1) is 15.4. The molecule has 0 aliphatic rings. The summed E-state index contributed by atoms with van der Waals surface area (Å²) in [6.45, 7) is 5.01. The molecular formula is C13H19BrFNO2. The Morgan fingerprint density at radius 3 is 2.83 bits per heavy atom. The van der Waals surface area contributed by atoms with Gasteiger partial charge in [0.25, 0.3) is 0 Å². The van der Waals surface area contributed by atoms with E-state index in [1.54, 1.807) is 13.0 Å². The molecule has 0 bridgehead atoms. The van der Waals surface area contributed by atoms with E-state index in [4.69, 9.17) is 4.74 Å². The normalized spacial score (nSPS) is 14.3. The van der Waals surface area contributed by atoms with Crippen molar-refractivity contribution >= 4 is 15.9 Å². The molecule has 1 rings (SSSR count). The topological polar surface area (TPSA) is 41.5 Å². The fourth-order valence-electron chi connectivity index (χ4n) is 1.41. The molecule has 0 spiro atoms. The van der Waals surface area contributed by atoms with E-state index >= 15 is 0 Å². The molecule has 18 heavy (non-hydrogen) atoms. The minimum absolute atomic E-state index is 0.0439. The number of halogens is 2. The van der Waals surface area contributed by atoms with E-state index in [1.807, 2.05) is 0 Å². The van der Waals surface area contributed by atoms with E-state index in [0.717, 1.165) is 13.0 Å². The first-order valence-corrected chi connectivity index (χ1v) is 6.75. The van der Waals surface area contributed by atoms with Crippen molar-refractivity contribution in [1.82, 2.24) is 5.32 Å². The predicted octanol–water partition coefficient (Wildman–Crippen LogP) is 2.72. The summed E-state index contributed by atoms with van der Waals surface area (Å²) in [7, 11) is 0. The Balaban J connectivity index is 2.48. The third-order valence-corrected chi connectivity index (χ3v) is 2.86. The summed E-state index contributed by atoms with van der Waals surface area (Å²) in [5, 5.41) is 13.1. The first-order valence-electron chi connectivity index (χ1n) is 5.95. The van der Waals surface area contributed by atoms with Crippen LogP contribution in [-0.2, 0) is 0 Å². The molecule has 0 aromatic heterocycles. The van der Waals surface area contributed by atoms with Gasteiger partial charge in [-0.3, -0.25) is 0 Å². The molecule has 1 atom stereocenters. The van der Waals surface area contributed by atoms with E-state index < -0.39 is 11.4 Å². The Morgan fingerprint density at radius 1 is 1.50 bits per heavy atom. The van der Waals surface area contributed by atoms with Crippen molar-refractivity contribution < 1.29 is 14.2 Å². The standard InChI is InChI=1S/C13H19BrFNO2/c1-3-6-16-8-13(2,17)9-18-12-5-4-10(14)7-11(12)15/h4-5,7,16-17H,3,6,8-9H2,1-2H3. The maximum absolute atomic E-state index is 13.5. The van der Waals surface area contributed by atoms with Crippen LogP contribution < -0.4 is 10.1 Å². The van der Waals surface area contributed by atoms with E-state index in [1.165, 1.54) is 12.1 Å². The van der Waals surface area contributed by atoms with Gasteiger partial charge in [0, 0.05) is 11.0 Å². The molecule has 0 fully saturated rings. The molecule has 1 aromatic rings. The highest BCUT2D eigenvalue weighted by Crippen LogP contribution is 2.22. The highest BCUT2D eigenvalue weighted by molar-refractivity contribution is 9.10. The van der Waals surface area contributed by atoms with Crippen molar-refractivity contribution in [2.75, 3.05) is 19.7 Å². The third-order valence-electron chi connectivity index (χ3n) is 2.37. The second-order valence-corrected chi connectivity index (χ2v) is 5.45. The molecule has 1 aromatic carbocycles. The van der Waals surface area contributed by atoms with Crippen molar-refractivity contribution in [2.45, 2.75) is 25.9 Å². The van der Waals surface area contributed by atoms with Crippen LogP contribution in [0.25, 0.3) is 0 Å². The van der Waals surface area contributed by atoms with E-state index in [-0.39, 0.29) is 12.4 Å². The van der Waals surface area contributed by atoms with Crippen LogP contribution in [0.2, 0.25) is 0 Å². The van der Waals surface area contributed by atoms with Crippen LogP contribution in [-0.4, -0.2) is 30.4 Å². The lowest BCUT2D eigenvalue weighted by Gasteiger charge is -2.24. The van der Waals surface area contributed by atoms with Gasteiger partial charge in [-0.05, 0) is 38.1 Å². The largest absolute Gasteiger partial charge is 0.487 e. The monoisotopic (exact) mass is 319 g/mol. The van der Waals surface area contributed by atoms with Crippen molar-refractivity contribution in [3.63, 3.8) is 0 Å². The summed E-state index contributed by atoms with van der Waals surface area (Å²) in [6.07, 6.45) is 0.998. The van der Waals surface area contributed by atoms with Crippen molar-refractivity contribution in [3.05, 3.63) is 28.5 Å². The lowest BCUT2D eigenvalue weighted by Crippen LogP contribution is -2.43. The number of rotatable bonds is 7. The van der Waals surface area contributed by atoms with Gasteiger partial charge in [-0.25, -0.2) is 4.39 Å². The van der Waals surface area contributed by atoms with Gasteiger partial charge >= 0.3 is 0 Å². The van der Waals surface area contributed by atoms with Gasteiger partial charge in [-0.2, -0.15) is 0 Å². The Labute approximate surface area is 115 Å². The summed E-state index contributed by atoms with van der Waals surface area (Å²) >= 11 is 3.17. The zero-order valence-electron chi connectivity index (χ0n) is 10.7. The van der Waals surface area contributed by atoms with E-state index in [9.17, 15) is 9.50 Å². The molecule has 5 heteroatoms. The molecule has 2 N–H and O–H groups in total. The number of hydrogen-bond donors (Lipinski definition) is 2. The quantitative estimate of drug-likeness (QED) is 0.759. The van der Waals surface area contributed by atoms with Crippen molar-refractivity contribution in [3.8, 4) is 5.75 Å². The predicted molar refractivity (Wildman–Crippen MR) is 73.4 cm³/mol. The smallest absolute Gasteiger partial charge is 0.166 e. The number of benzene rings is 1. The zero-order valence-corrected chi connectivity index (χ0v) is 12.3. The molecule has 0 heterocycles. The van der Waals surface area contributed by atoms with Gasteiger partial charge < -0.3 is 15.2 Å². The Morgan fingerprint density at radius 2 is 2.22 bits per heavy atom. The van der Waals surface area contributed by atoms with Gasteiger partial charge in [-0.1, -0.05) is 22.9 Å². The summed E-state index contributed by atoms with van der Waals surface area (Å²) < 4.78 is 19.4. The Kier molecular flexibility index (Phi) is 6.05. The highest BCUT2D eigenvalue weighted by Gasteiger charge is 2.21. The molecule has 0 saturated heterocycles. The molecule has 0 radical (unpaired) electrons. The number of hydrogen-bond acceptors (Lipinski definition) is 3. The second kappa shape index (κ2) is 7.07. The van der Waals surface area contributed by atoms with Crippen LogP contribution in [0.15, 0.2) is 22.7 Å². The van der Waals surface area contributed by atoms with Gasteiger partial charge in [0.1, 0.15) is 12.2 Å². The fourth-order valence-corrected chi connectivity index (χ4v) is 1.74. The number of nitrogens with one attached hydrogen (secondary N) is 1. The lowest BCUT2D eigenvalue weighted by atomic mass is 10.1. The van der Waals surface area contributed by atoms with Crippen LogP contribution in [0.5, 0.6) is 5.75 Å². The summed E-state index contributed by atoms with van der Waals surface area (Å²) in [5.41, 5.74) is -1.02. The van der Waals surface area contributed by atoms with Crippen molar-refractivity contribution in [2.24, 2.45) is 0 Å². The van der Waals surface area contributed by atoms with Gasteiger partial charge in [0.05, 0.1) is 0 Å². The maximum atomic E-state index is 13.5. The van der Waals surface area contributed by atoms with E-state index in [0.29, 0.717) is 11.0 Å². The van der Waals surface area contributed by atoms with Crippen LogP contribution in [0, 0.1) is 5.82 Å². The minimum atomic E-state index is -1.02. The molecular weight excluding hydrogens is 301 g/mol. The lowest BCUT2D eigenvalue weighted by molar-refractivity contribution is 0.0113. The average molecular weight is 320 g/mol. The minimum Gasteiger partial charge on any atom is -0.487 e. The maximum Gasteiger partial charge on any atom is 0.166 e. The fraction of sp³-hybridized carbons (Fsp3) is 0.538. The first-order chi connectivity index (χ1) is 8.44. The number of ether oxygens (including phenoxy) is 1. The van der Waals surface area contributed by atoms with Crippen LogP contribution in [0.1, 0.15) is 20.3 Å². The molecule has 0 aliphatic heterocycles. The molecule has 3 nitrogen and oxygen atoms in total. The van der Waals surface area contributed by atoms with Gasteiger partial charge in [0.15, 0.2) is 11.6 Å². The second-order valence-electron chi connectivity index (χ2n) is 4.54. The Bertz CT molecular complexity index is 385. The SMILES string of the molecule is CCCNCC(C)(O)COc1ccc(Br)cc1F. The van der Waals surface area contributed by atoms with Crippen LogP contribution >= 0.6 is 15.9 Å². The van der Waals surface area contributed by atoms with Gasteiger partial charge in [0.2, 0.25) is 0 Å². The zero-order chi connectivity index (χ0) is 13.6. The highest BCUT2D eigenvalue weighted by atomic mass is 79.9. The molecule has 0 saturated carbocycles. The average Bonchev–Trinajstić information content (AvgIpc) is 2.28. The summed E-state index contributed by atoms with van der Waals surface area (Å²) in [5.74, 6) is -0.296.